The molecule has 0 saturated heterocycles. The highest BCUT2D eigenvalue weighted by atomic mass is 79.9. The summed E-state index contributed by atoms with van der Waals surface area (Å²) in [6.07, 6.45) is 0. The molecule has 5 heteroatoms. The number of anilines is 1. The van der Waals surface area contributed by atoms with Gasteiger partial charge in [0.25, 0.3) is 0 Å². The Morgan fingerprint density at radius 1 is 1.45 bits per heavy atom. The van der Waals surface area contributed by atoms with E-state index in [1.807, 2.05) is 12.1 Å². The van der Waals surface area contributed by atoms with E-state index in [1.165, 1.54) is 0 Å². The van der Waals surface area contributed by atoms with Crippen LogP contribution in [0.4, 0.5) is 5.82 Å². The number of aromatic amines is 1. The number of rotatable bonds is 0. The maximum absolute atomic E-state index is 5.52. The van der Waals surface area contributed by atoms with Gasteiger partial charge in [-0.3, -0.25) is 5.10 Å². The standard InChI is InChI=1S/C6H5BrN4/c7-4-2-1-3-5(9-4)6(8)11-10-3/h1-2H,(H3,8,10,11). The van der Waals surface area contributed by atoms with E-state index in [9.17, 15) is 0 Å². The molecule has 0 radical (unpaired) electrons. The Morgan fingerprint density at radius 3 is 3.09 bits per heavy atom. The van der Waals surface area contributed by atoms with Gasteiger partial charge < -0.3 is 5.73 Å². The molecule has 4 nitrogen and oxygen atoms in total. The molecule has 0 aromatic carbocycles. The molecule has 0 atom stereocenters. The van der Waals surface area contributed by atoms with Crippen LogP contribution in [0.3, 0.4) is 0 Å². The van der Waals surface area contributed by atoms with E-state index < -0.39 is 0 Å². The second-order valence-corrected chi connectivity index (χ2v) is 2.95. The number of nitrogen functional groups attached to an aromatic ring is 1. The predicted molar refractivity (Wildman–Crippen MR) is 46.0 cm³/mol. The minimum Gasteiger partial charge on any atom is -0.380 e. The summed E-state index contributed by atoms with van der Waals surface area (Å²) in [7, 11) is 0. The molecule has 0 bridgehead atoms. The van der Waals surface area contributed by atoms with E-state index in [1.54, 1.807) is 0 Å². The van der Waals surface area contributed by atoms with Gasteiger partial charge in [0.15, 0.2) is 5.82 Å². The molecule has 0 aliphatic heterocycles. The van der Waals surface area contributed by atoms with Crippen LogP contribution in [0.25, 0.3) is 11.0 Å². The molecule has 0 saturated carbocycles. The number of H-pyrrole nitrogens is 1. The molecule has 2 aromatic heterocycles. The first-order valence-corrected chi connectivity index (χ1v) is 3.83. The molecule has 0 aliphatic carbocycles. The Kier molecular flexibility index (Phi) is 1.32. The predicted octanol–water partition coefficient (Wildman–Crippen LogP) is 1.30. The van der Waals surface area contributed by atoms with Gasteiger partial charge in [0, 0.05) is 0 Å². The van der Waals surface area contributed by atoms with E-state index in [2.05, 4.69) is 31.1 Å². The number of fused-ring (bicyclic) bond motifs is 1. The number of nitrogens with zero attached hydrogens (tertiary/aromatic N) is 2. The van der Waals surface area contributed by atoms with E-state index in [0.29, 0.717) is 11.3 Å². The lowest BCUT2D eigenvalue weighted by atomic mass is 10.4. The SMILES string of the molecule is Nc1n[nH]c2ccc(Br)nc12. The number of aromatic nitrogens is 3. The molecule has 0 aliphatic rings. The summed E-state index contributed by atoms with van der Waals surface area (Å²) < 4.78 is 0.762. The van der Waals surface area contributed by atoms with Gasteiger partial charge in [-0.25, -0.2) is 4.98 Å². The van der Waals surface area contributed by atoms with E-state index >= 15 is 0 Å². The third-order valence-corrected chi connectivity index (χ3v) is 1.84. The molecule has 2 heterocycles. The van der Waals surface area contributed by atoms with Crippen LogP contribution >= 0.6 is 15.9 Å². The van der Waals surface area contributed by atoms with Crippen molar-refractivity contribution in [2.45, 2.75) is 0 Å². The second-order valence-electron chi connectivity index (χ2n) is 2.14. The molecule has 0 unspecified atom stereocenters. The molecular weight excluding hydrogens is 208 g/mol. The quantitative estimate of drug-likeness (QED) is 0.648. The molecular formula is C6H5BrN4. The Bertz CT molecular complexity index is 394. The van der Waals surface area contributed by atoms with Gasteiger partial charge in [-0.05, 0) is 28.1 Å². The summed E-state index contributed by atoms with van der Waals surface area (Å²) in [5.41, 5.74) is 7.08. The summed E-state index contributed by atoms with van der Waals surface area (Å²) in [5, 5.41) is 6.56. The molecule has 3 N–H and O–H groups in total. The van der Waals surface area contributed by atoms with Gasteiger partial charge >= 0.3 is 0 Å². The topological polar surface area (TPSA) is 67.6 Å². The number of halogens is 1. The zero-order valence-electron chi connectivity index (χ0n) is 5.50. The van der Waals surface area contributed by atoms with Crippen LogP contribution in [-0.2, 0) is 0 Å². The van der Waals surface area contributed by atoms with Crippen molar-refractivity contribution >= 4 is 32.8 Å². The number of nitrogens with one attached hydrogen (secondary N) is 1. The van der Waals surface area contributed by atoms with Crippen molar-refractivity contribution in [1.82, 2.24) is 15.2 Å². The first-order chi connectivity index (χ1) is 5.27. The fourth-order valence-electron chi connectivity index (χ4n) is 0.894. The number of nitrogens with two attached hydrogens (primary N) is 1. The third kappa shape index (κ3) is 0.970. The van der Waals surface area contributed by atoms with Gasteiger partial charge in [-0.15, -0.1) is 0 Å². The minimum absolute atomic E-state index is 0.432. The summed E-state index contributed by atoms with van der Waals surface area (Å²) >= 11 is 3.24. The van der Waals surface area contributed by atoms with Gasteiger partial charge in [0.05, 0.1) is 5.52 Å². The van der Waals surface area contributed by atoms with E-state index in [-0.39, 0.29) is 0 Å². The lowest BCUT2D eigenvalue weighted by molar-refractivity contribution is 1.13. The highest BCUT2D eigenvalue weighted by Gasteiger charge is 2.02. The number of pyridine rings is 1. The van der Waals surface area contributed by atoms with Crippen LogP contribution in [0.1, 0.15) is 0 Å². The lowest BCUT2D eigenvalue weighted by Gasteiger charge is -1.89. The Labute approximate surface area is 70.9 Å². The molecule has 11 heavy (non-hydrogen) atoms. The van der Waals surface area contributed by atoms with Crippen molar-refractivity contribution in [2.75, 3.05) is 5.73 Å². The zero-order chi connectivity index (χ0) is 7.84. The Hall–Kier alpha value is -1.10. The first-order valence-electron chi connectivity index (χ1n) is 3.03. The summed E-state index contributed by atoms with van der Waals surface area (Å²) in [4.78, 5) is 4.13. The molecule has 2 aromatic rings. The minimum atomic E-state index is 0.432. The Balaban J connectivity index is 2.87. The monoisotopic (exact) mass is 212 g/mol. The highest BCUT2D eigenvalue weighted by Crippen LogP contribution is 2.17. The van der Waals surface area contributed by atoms with Gasteiger partial charge in [0.1, 0.15) is 10.1 Å². The van der Waals surface area contributed by atoms with Crippen LogP contribution in [0.15, 0.2) is 16.7 Å². The molecule has 0 fully saturated rings. The van der Waals surface area contributed by atoms with Crippen molar-refractivity contribution in [2.24, 2.45) is 0 Å². The van der Waals surface area contributed by atoms with Crippen LogP contribution in [0.2, 0.25) is 0 Å². The maximum Gasteiger partial charge on any atom is 0.171 e. The smallest absolute Gasteiger partial charge is 0.171 e. The molecule has 0 spiro atoms. The molecule has 0 amide bonds. The zero-order valence-corrected chi connectivity index (χ0v) is 7.09. The van der Waals surface area contributed by atoms with Crippen LogP contribution in [0.5, 0.6) is 0 Å². The maximum atomic E-state index is 5.52. The highest BCUT2D eigenvalue weighted by molar-refractivity contribution is 9.10. The average Bonchev–Trinajstić information content (AvgIpc) is 2.33. The van der Waals surface area contributed by atoms with Gasteiger partial charge in [0.2, 0.25) is 0 Å². The van der Waals surface area contributed by atoms with Crippen molar-refractivity contribution in [1.29, 1.82) is 0 Å². The largest absolute Gasteiger partial charge is 0.380 e. The van der Waals surface area contributed by atoms with Gasteiger partial charge in [-0.2, -0.15) is 5.10 Å². The second kappa shape index (κ2) is 2.20. The van der Waals surface area contributed by atoms with Gasteiger partial charge in [-0.1, -0.05) is 0 Å². The number of hydrogen-bond donors (Lipinski definition) is 2. The summed E-state index contributed by atoms with van der Waals surface area (Å²) in [6.45, 7) is 0. The molecule has 56 valence electrons. The lowest BCUT2D eigenvalue weighted by Crippen LogP contribution is -1.85. The van der Waals surface area contributed by atoms with E-state index in [0.717, 1.165) is 10.1 Å². The van der Waals surface area contributed by atoms with E-state index in [4.69, 9.17) is 5.73 Å². The van der Waals surface area contributed by atoms with Crippen molar-refractivity contribution in [3.8, 4) is 0 Å². The summed E-state index contributed by atoms with van der Waals surface area (Å²) in [5.74, 6) is 0.432. The third-order valence-electron chi connectivity index (χ3n) is 1.40. The van der Waals surface area contributed by atoms with Crippen molar-refractivity contribution < 1.29 is 0 Å². The van der Waals surface area contributed by atoms with Crippen molar-refractivity contribution in [3.05, 3.63) is 16.7 Å². The fraction of sp³-hybridized carbons (Fsp3) is 0. The molecule has 2 rings (SSSR count). The Morgan fingerprint density at radius 2 is 2.27 bits per heavy atom. The van der Waals surface area contributed by atoms with Crippen LogP contribution < -0.4 is 5.73 Å². The fourth-order valence-corrected chi connectivity index (χ4v) is 1.20. The first kappa shape index (κ1) is 6.60. The summed E-state index contributed by atoms with van der Waals surface area (Å²) in [6, 6.07) is 3.70. The normalized spacial score (nSPS) is 10.6. The average molecular weight is 213 g/mol. The van der Waals surface area contributed by atoms with Crippen LogP contribution in [-0.4, -0.2) is 15.2 Å². The van der Waals surface area contributed by atoms with Crippen LogP contribution in [0, 0.1) is 0 Å². The van der Waals surface area contributed by atoms with Crippen molar-refractivity contribution in [3.63, 3.8) is 0 Å². The number of hydrogen-bond acceptors (Lipinski definition) is 3.